The molecule has 0 saturated carbocycles. The highest BCUT2D eigenvalue weighted by Crippen LogP contribution is 2.29. The van der Waals surface area contributed by atoms with Crippen LogP contribution in [0, 0.1) is 0 Å². The van der Waals surface area contributed by atoms with Crippen LogP contribution < -0.4 is 5.32 Å². The Morgan fingerprint density at radius 2 is 2.00 bits per heavy atom. The van der Waals surface area contributed by atoms with E-state index in [1.54, 1.807) is 16.0 Å². The SMILES string of the molecule is O=C(CSc1nc2ccccc2s1)Nc1ccc(-n2cnnn2)cc1. The number of nitrogens with zero attached hydrogens (tertiary/aromatic N) is 5. The quantitative estimate of drug-likeness (QED) is 0.545. The molecule has 0 aliphatic heterocycles. The van der Waals surface area contributed by atoms with E-state index in [4.69, 9.17) is 0 Å². The number of para-hydroxylation sites is 1. The first-order valence-corrected chi connectivity index (χ1v) is 9.20. The minimum absolute atomic E-state index is 0.0700. The molecule has 1 N–H and O–H groups in total. The molecule has 0 bridgehead atoms. The number of thiazole rings is 1. The van der Waals surface area contributed by atoms with E-state index >= 15 is 0 Å². The predicted molar refractivity (Wildman–Crippen MR) is 98.1 cm³/mol. The summed E-state index contributed by atoms with van der Waals surface area (Å²) in [5.74, 6) is 0.244. The fourth-order valence-electron chi connectivity index (χ4n) is 2.21. The Morgan fingerprint density at radius 1 is 1.16 bits per heavy atom. The molecule has 2 aromatic carbocycles. The van der Waals surface area contributed by atoms with Crippen LogP contribution in [-0.2, 0) is 4.79 Å². The molecule has 7 nitrogen and oxygen atoms in total. The molecule has 4 aromatic rings. The Balaban J connectivity index is 1.35. The van der Waals surface area contributed by atoms with Crippen LogP contribution in [0.4, 0.5) is 5.69 Å². The maximum Gasteiger partial charge on any atom is 0.234 e. The van der Waals surface area contributed by atoms with Gasteiger partial charge in [-0.25, -0.2) is 9.67 Å². The third-order valence-corrected chi connectivity index (χ3v) is 5.54. The lowest BCUT2D eigenvalue weighted by Crippen LogP contribution is -2.13. The Hall–Kier alpha value is -2.78. The first-order chi connectivity index (χ1) is 12.3. The molecule has 9 heteroatoms. The minimum atomic E-state index is -0.0700. The van der Waals surface area contributed by atoms with Crippen molar-refractivity contribution in [1.82, 2.24) is 25.2 Å². The van der Waals surface area contributed by atoms with Gasteiger partial charge < -0.3 is 5.32 Å². The van der Waals surface area contributed by atoms with E-state index in [2.05, 4.69) is 25.8 Å². The van der Waals surface area contributed by atoms with Crippen LogP contribution in [-0.4, -0.2) is 36.9 Å². The molecule has 0 aliphatic rings. The van der Waals surface area contributed by atoms with Gasteiger partial charge in [-0.05, 0) is 46.8 Å². The van der Waals surface area contributed by atoms with Crippen LogP contribution in [0.2, 0.25) is 0 Å². The molecule has 4 rings (SSSR count). The second kappa shape index (κ2) is 6.99. The van der Waals surface area contributed by atoms with Crippen LogP contribution in [0.1, 0.15) is 0 Å². The van der Waals surface area contributed by atoms with Crippen molar-refractivity contribution in [1.29, 1.82) is 0 Å². The van der Waals surface area contributed by atoms with E-state index in [9.17, 15) is 4.79 Å². The molecule has 2 heterocycles. The van der Waals surface area contributed by atoms with Crippen LogP contribution >= 0.6 is 23.1 Å². The van der Waals surface area contributed by atoms with E-state index in [0.717, 1.165) is 25.9 Å². The zero-order chi connectivity index (χ0) is 17.1. The number of nitrogens with one attached hydrogen (secondary N) is 1. The number of hydrogen-bond donors (Lipinski definition) is 1. The van der Waals surface area contributed by atoms with Crippen LogP contribution in [0.25, 0.3) is 15.9 Å². The summed E-state index contributed by atoms with van der Waals surface area (Å²) in [7, 11) is 0. The van der Waals surface area contributed by atoms with E-state index < -0.39 is 0 Å². The molecule has 2 aromatic heterocycles. The third kappa shape index (κ3) is 3.67. The third-order valence-electron chi connectivity index (χ3n) is 3.37. The monoisotopic (exact) mass is 368 g/mol. The van der Waals surface area contributed by atoms with Crippen molar-refractivity contribution in [2.24, 2.45) is 0 Å². The summed E-state index contributed by atoms with van der Waals surface area (Å²) in [5.41, 5.74) is 2.52. The fraction of sp³-hybridized carbons (Fsp3) is 0.0625. The summed E-state index contributed by atoms with van der Waals surface area (Å²) < 4.78 is 3.57. The molecular weight excluding hydrogens is 356 g/mol. The number of aromatic nitrogens is 5. The molecule has 0 unspecified atom stereocenters. The van der Waals surface area contributed by atoms with Crippen LogP contribution in [0.3, 0.4) is 0 Å². The number of amides is 1. The highest BCUT2D eigenvalue weighted by molar-refractivity contribution is 8.01. The first-order valence-electron chi connectivity index (χ1n) is 7.39. The molecule has 0 radical (unpaired) electrons. The predicted octanol–water partition coefficient (Wildman–Crippen LogP) is 3.00. The average Bonchev–Trinajstić information content (AvgIpc) is 3.30. The van der Waals surface area contributed by atoms with Crippen LogP contribution in [0.5, 0.6) is 0 Å². The molecule has 0 saturated heterocycles. The maximum absolute atomic E-state index is 12.1. The molecule has 124 valence electrons. The zero-order valence-corrected chi connectivity index (χ0v) is 14.5. The van der Waals surface area contributed by atoms with Gasteiger partial charge in [0.15, 0.2) is 4.34 Å². The fourth-order valence-corrected chi connectivity index (χ4v) is 4.08. The molecule has 0 fully saturated rings. The van der Waals surface area contributed by atoms with Gasteiger partial charge in [0.05, 0.1) is 21.7 Å². The van der Waals surface area contributed by atoms with Crippen molar-refractivity contribution in [2.45, 2.75) is 4.34 Å². The average molecular weight is 368 g/mol. The highest BCUT2D eigenvalue weighted by Gasteiger charge is 2.08. The highest BCUT2D eigenvalue weighted by atomic mass is 32.2. The van der Waals surface area contributed by atoms with E-state index in [-0.39, 0.29) is 5.91 Å². The Morgan fingerprint density at radius 3 is 2.76 bits per heavy atom. The molecule has 0 atom stereocenters. The summed E-state index contributed by atoms with van der Waals surface area (Å²) in [6.07, 6.45) is 1.52. The van der Waals surface area contributed by atoms with Crippen molar-refractivity contribution < 1.29 is 4.79 Å². The molecule has 0 spiro atoms. The molecule has 25 heavy (non-hydrogen) atoms. The number of rotatable bonds is 5. The van der Waals surface area contributed by atoms with Gasteiger partial charge in [0, 0.05) is 5.69 Å². The van der Waals surface area contributed by atoms with Crippen molar-refractivity contribution in [3.63, 3.8) is 0 Å². The molecule has 1 amide bonds. The Labute approximate surface area is 151 Å². The number of hydrogen-bond acceptors (Lipinski definition) is 7. The summed E-state index contributed by atoms with van der Waals surface area (Å²) >= 11 is 3.04. The van der Waals surface area contributed by atoms with Crippen molar-refractivity contribution >= 4 is 44.9 Å². The van der Waals surface area contributed by atoms with E-state index in [0.29, 0.717) is 5.75 Å². The van der Waals surface area contributed by atoms with Gasteiger partial charge in [-0.3, -0.25) is 4.79 Å². The number of tetrazole rings is 1. The standard InChI is InChI=1S/C16H12N6OS2/c23-15(9-24-16-19-13-3-1-2-4-14(13)25-16)18-11-5-7-12(8-6-11)22-10-17-20-21-22/h1-8,10H,9H2,(H,18,23). The van der Waals surface area contributed by atoms with E-state index in [1.165, 1.54) is 18.1 Å². The zero-order valence-electron chi connectivity index (χ0n) is 12.9. The smallest absolute Gasteiger partial charge is 0.234 e. The van der Waals surface area contributed by atoms with Crippen LogP contribution in [0.15, 0.2) is 59.2 Å². The van der Waals surface area contributed by atoms with Gasteiger partial charge in [0.25, 0.3) is 0 Å². The molecule has 0 aliphatic carbocycles. The second-order valence-electron chi connectivity index (χ2n) is 5.09. The topological polar surface area (TPSA) is 85.6 Å². The number of anilines is 1. The number of fused-ring (bicyclic) bond motifs is 1. The summed E-state index contributed by atoms with van der Waals surface area (Å²) in [6, 6.07) is 15.3. The summed E-state index contributed by atoms with van der Waals surface area (Å²) in [6.45, 7) is 0. The Kier molecular flexibility index (Phi) is 4.40. The van der Waals surface area contributed by atoms with Gasteiger partial charge in [-0.15, -0.1) is 16.4 Å². The Bertz CT molecular complexity index is 964. The minimum Gasteiger partial charge on any atom is -0.325 e. The lowest BCUT2D eigenvalue weighted by atomic mass is 10.3. The van der Waals surface area contributed by atoms with E-state index in [1.807, 2.05) is 48.5 Å². The second-order valence-corrected chi connectivity index (χ2v) is 7.34. The van der Waals surface area contributed by atoms with Gasteiger partial charge in [0.2, 0.25) is 5.91 Å². The number of benzene rings is 2. The van der Waals surface area contributed by atoms with Gasteiger partial charge >= 0.3 is 0 Å². The van der Waals surface area contributed by atoms with Gasteiger partial charge in [-0.1, -0.05) is 23.9 Å². The lowest BCUT2D eigenvalue weighted by Gasteiger charge is -2.05. The molecular formula is C16H12N6OS2. The summed E-state index contributed by atoms with van der Waals surface area (Å²) in [5, 5.41) is 13.9. The van der Waals surface area contributed by atoms with Crippen molar-refractivity contribution in [3.05, 3.63) is 54.9 Å². The summed E-state index contributed by atoms with van der Waals surface area (Å²) in [4.78, 5) is 16.6. The first kappa shape index (κ1) is 15.7. The number of carbonyl (C=O) groups excluding carboxylic acids is 1. The number of thioether (sulfide) groups is 1. The lowest BCUT2D eigenvalue weighted by molar-refractivity contribution is -0.113. The van der Waals surface area contributed by atoms with Crippen molar-refractivity contribution in [2.75, 3.05) is 11.1 Å². The maximum atomic E-state index is 12.1. The number of carbonyl (C=O) groups is 1. The van der Waals surface area contributed by atoms with Crippen molar-refractivity contribution in [3.8, 4) is 5.69 Å². The normalized spacial score (nSPS) is 10.9. The van der Waals surface area contributed by atoms with Gasteiger partial charge in [0.1, 0.15) is 6.33 Å². The van der Waals surface area contributed by atoms with Gasteiger partial charge in [-0.2, -0.15) is 0 Å². The largest absolute Gasteiger partial charge is 0.325 e.